The highest BCUT2D eigenvalue weighted by atomic mass is 32.2. The Balaban J connectivity index is 1.77. The van der Waals surface area contributed by atoms with Crippen molar-refractivity contribution in [3.63, 3.8) is 0 Å². The van der Waals surface area contributed by atoms with Crippen molar-refractivity contribution >= 4 is 21.4 Å². The number of nitrogens with zero attached hydrogens (tertiary/aromatic N) is 3. The van der Waals surface area contributed by atoms with Crippen LogP contribution < -0.4 is 5.32 Å². The predicted molar refractivity (Wildman–Crippen MR) is 102 cm³/mol. The van der Waals surface area contributed by atoms with Crippen molar-refractivity contribution in [2.75, 3.05) is 25.0 Å². The van der Waals surface area contributed by atoms with Crippen LogP contribution in [0, 0.1) is 10.1 Å². The number of pyridine rings is 1. The van der Waals surface area contributed by atoms with E-state index in [1.54, 1.807) is 6.20 Å². The summed E-state index contributed by atoms with van der Waals surface area (Å²) in [5.41, 5.74) is 0.930. The van der Waals surface area contributed by atoms with Gasteiger partial charge in [-0.25, -0.2) is 8.42 Å². The fraction of sp³-hybridized carbons (Fsp3) is 0.389. The molecular formula is C18H22N4O4S. The zero-order valence-corrected chi connectivity index (χ0v) is 15.7. The minimum absolute atomic E-state index is 0.0358. The van der Waals surface area contributed by atoms with Crippen molar-refractivity contribution < 1.29 is 13.3 Å². The summed E-state index contributed by atoms with van der Waals surface area (Å²) in [5, 5.41) is 14.5. The first kappa shape index (κ1) is 19.2. The Morgan fingerprint density at radius 3 is 2.59 bits per heavy atom. The summed E-state index contributed by atoms with van der Waals surface area (Å²) in [6, 6.07) is 9.62. The average Bonchev–Trinajstić information content (AvgIpc) is 2.69. The summed E-state index contributed by atoms with van der Waals surface area (Å²) in [6.45, 7) is 1.37. The number of aromatic nitrogens is 1. The molecule has 1 aromatic carbocycles. The van der Waals surface area contributed by atoms with Gasteiger partial charge in [0.05, 0.1) is 9.82 Å². The number of hydrogen-bond donors (Lipinski definition) is 1. The number of nitrogens with one attached hydrogen (secondary N) is 1. The van der Waals surface area contributed by atoms with E-state index in [9.17, 15) is 18.5 Å². The predicted octanol–water partition coefficient (Wildman–Crippen LogP) is 2.82. The van der Waals surface area contributed by atoms with Gasteiger partial charge in [-0.05, 0) is 37.1 Å². The summed E-state index contributed by atoms with van der Waals surface area (Å²) < 4.78 is 26.9. The molecule has 1 saturated heterocycles. The molecule has 0 atom stereocenters. The normalized spacial score (nSPS) is 15.4. The fourth-order valence-corrected chi connectivity index (χ4v) is 4.64. The van der Waals surface area contributed by atoms with Crippen LogP contribution in [0.2, 0.25) is 0 Å². The summed E-state index contributed by atoms with van der Waals surface area (Å²) in [4.78, 5) is 15.1. The van der Waals surface area contributed by atoms with E-state index >= 15 is 0 Å². The molecule has 1 aliphatic heterocycles. The Kier molecular flexibility index (Phi) is 6.02. The zero-order valence-electron chi connectivity index (χ0n) is 14.9. The van der Waals surface area contributed by atoms with Gasteiger partial charge in [-0.15, -0.1) is 0 Å². The lowest BCUT2D eigenvalue weighted by molar-refractivity contribution is -0.384. The molecule has 2 aromatic rings. The maximum Gasteiger partial charge on any atom is 0.293 e. The second kappa shape index (κ2) is 8.45. The molecule has 144 valence electrons. The molecule has 27 heavy (non-hydrogen) atoms. The minimum atomic E-state index is -3.71. The Morgan fingerprint density at radius 1 is 1.15 bits per heavy atom. The van der Waals surface area contributed by atoms with Crippen molar-refractivity contribution in [3.8, 4) is 0 Å². The van der Waals surface area contributed by atoms with Crippen LogP contribution in [0.4, 0.5) is 11.4 Å². The van der Waals surface area contributed by atoms with Gasteiger partial charge in [0.15, 0.2) is 0 Å². The zero-order chi connectivity index (χ0) is 19.3. The number of rotatable bonds is 7. The van der Waals surface area contributed by atoms with Crippen molar-refractivity contribution in [1.82, 2.24) is 9.29 Å². The standard InChI is InChI=1S/C18H22N4O4S/c23-22(24)18-14-16(27(25,26)21-12-4-1-5-13-21)7-8-17(18)20-11-9-15-6-2-3-10-19-15/h2-3,6-8,10,14,20H,1,4-5,9,11-13H2. The molecule has 8 nitrogen and oxygen atoms in total. The van der Waals surface area contributed by atoms with Crippen molar-refractivity contribution in [2.45, 2.75) is 30.6 Å². The van der Waals surface area contributed by atoms with Gasteiger partial charge in [-0.1, -0.05) is 12.5 Å². The Labute approximate surface area is 158 Å². The molecule has 0 unspecified atom stereocenters. The van der Waals surface area contributed by atoms with Crippen LogP contribution in [0.5, 0.6) is 0 Å². The van der Waals surface area contributed by atoms with E-state index in [0.717, 1.165) is 31.0 Å². The molecule has 0 saturated carbocycles. The molecule has 9 heteroatoms. The summed E-state index contributed by atoms with van der Waals surface area (Å²) >= 11 is 0. The van der Waals surface area contributed by atoms with Gasteiger partial charge >= 0.3 is 0 Å². The van der Waals surface area contributed by atoms with Gasteiger partial charge in [-0.2, -0.15) is 4.31 Å². The van der Waals surface area contributed by atoms with Crippen molar-refractivity contribution in [3.05, 3.63) is 58.4 Å². The minimum Gasteiger partial charge on any atom is -0.379 e. The first-order valence-corrected chi connectivity index (χ1v) is 10.3. The van der Waals surface area contributed by atoms with E-state index in [1.807, 2.05) is 18.2 Å². The topological polar surface area (TPSA) is 105 Å². The Bertz CT molecular complexity index is 897. The number of hydrogen-bond acceptors (Lipinski definition) is 6. The number of nitro groups is 1. The molecule has 1 N–H and O–H groups in total. The van der Waals surface area contributed by atoms with Crippen LogP contribution in [0.1, 0.15) is 25.0 Å². The quantitative estimate of drug-likeness (QED) is 0.576. The van der Waals surface area contributed by atoms with Crippen LogP contribution in [0.15, 0.2) is 47.5 Å². The molecule has 3 rings (SSSR count). The third-order valence-electron chi connectivity index (χ3n) is 4.54. The fourth-order valence-electron chi connectivity index (χ4n) is 3.10. The first-order valence-electron chi connectivity index (χ1n) is 8.91. The monoisotopic (exact) mass is 390 g/mol. The summed E-state index contributed by atoms with van der Waals surface area (Å²) in [6.07, 6.45) is 4.93. The molecule has 0 bridgehead atoms. The first-order chi connectivity index (χ1) is 13.0. The second-order valence-electron chi connectivity index (χ2n) is 6.40. The molecule has 1 aromatic heterocycles. The van der Waals surface area contributed by atoms with Crippen molar-refractivity contribution in [2.24, 2.45) is 0 Å². The largest absolute Gasteiger partial charge is 0.379 e. The third kappa shape index (κ3) is 4.61. The lowest BCUT2D eigenvalue weighted by Gasteiger charge is -2.25. The summed E-state index contributed by atoms with van der Waals surface area (Å²) in [7, 11) is -3.71. The van der Waals surface area contributed by atoms with Crippen LogP contribution in [0.25, 0.3) is 0 Å². The molecule has 0 spiro atoms. The molecule has 0 radical (unpaired) electrons. The van der Waals surface area contributed by atoms with E-state index < -0.39 is 14.9 Å². The number of nitro benzene ring substituents is 1. The maximum atomic E-state index is 12.7. The molecule has 1 fully saturated rings. The van der Waals surface area contributed by atoms with E-state index in [4.69, 9.17) is 0 Å². The number of anilines is 1. The van der Waals surface area contributed by atoms with E-state index in [1.165, 1.54) is 16.4 Å². The molecule has 2 heterocycles. The SMILES string of the molecule is O=[N+]([O-])c1cc(S(=O)(=O)N2CCCCC2)ccc1NCCc1ccccn1. The number of piperidine rings is 1. The lowest BCUT2D eigenvalue weighted by Crippen LogP contribution is -2.35. The van der Waals surface area contributed by atoms with Gasteiger partial charge in [0.2, 0.25) is 10.0 Å². The molecule has 1 aliphatic rings. The number of benzene rings is 1. The second-order valence-corrected chi connectivity index (χ2v) is 8.34. The van der Waals surface area contributed by atoms with Gasteiger partial charge in [-0.3, -0.25) is 15.1 Å². The lowest BCUT2D eigenvalue weighted by atomic mass is 10.2. The molecule has 0 amide bonds. The van der Waals surface area contributed by atoms with Crippen molar-refractivity contribution in [1.29, 1.82) is 0 Å². The highest BCUT2D eigenvalue weighted by Crippen LogP contribution is 2.30. The van der Waals surface area contributed by atoms with E-state index in [-0.39, 0.29) is 10.6 Å². The maximum absolute atomic E-state index is 12.7. The molecular weight excluding hydrogens is 368 g/mol. The Hall–Kier alpha value is -2.52. The van der Waals surface area contributed by atoms with E-state index in [2.05, 4.69) is 10.3 Å². The smallest absolute Gasteiger partial charge is 0.293 e. The van der Waals surface area contributed by atoms with Crippen LogP contribution in [-0.4, -0.2) is 42.3 Å². The van der Waals surface area contributed by atoms with Gasteiger partial charge < -0.3 is 5.32 Å². The number of sulfonamides is 1. The average molecular weight is 390 g/mol. The van der Waals surface area contributed by atoms with E-state index in [0.29, 0.717) is 31.7 Å². The highest BCUT2D eigenvalue weighted by molar-refractivity contribution is 7.89. The molecule has 0 aliphatic carbocycles. The highest BCUT2D eigenvalue weighted by Gasteiger charge is 2.28. The van der Waals surface area contributed by atoms with Gasteiger partial charge in [0, 0.05) is 44.0 Å². The third-order valence-corrected chi connectivity index (χ3v) is 6.44. The van der Waals surface area contributed by atoms with Crippen LogP contribution in [-0.2, 0) is 16.4 Å². The Morgan fingerprint density at radius 2 is 1.93 bits per heavy atom. The van der Waals surface area contributed by atoms with Crippen LogP contribution >= 0.6 is 0 Å². The van der Waals surface area contributed by atoms with Crippen LogP contribution in [0.3, 0.4) is 0 Å². The summed E-state index contributed by atoms with van der Waals surface area (Å²) in [5.74, 6) is 0. The van der Waals surface area contributed by atoms with Gasteiger partial charge in [0.1, 0.15) is 5.69 Å². The van der Waals surface area contributed by atoms with Gasteiger partial charge in [0.25, 0.3) is 5.69 Å².